The predicted molar refractivity (Wildman–Crippen MR) is 147 cm³/mol. The van der Waals surface area contributed by atoms with Crippen LogP contribution in [0.5, 0.6) is 28.7 Å². The van der Waals surface area contributed by atoms with E-state index in [2.05, 4.69) is 0 Å². The Morgan fingerprint density at radius 1 is 0.744 bits per heavy atom. The number of hydrogen-bond donors (Lipinski definition) is 0. The van der Waals surface area contributed by atoms with E-state index in [1.54, 1.807) is 77.0 Å². The van der Waals surface area contributed by atoms with Crippen molar-refractivity contribution >= 4 is 10.0 Å². The lowest BCUT2D eigenvalue weighted by molar-refractivity contribution is 0.194. The number of sulfonamides is 1. The van der Waals surface area contributed by atoms with Gasteiger partial charge in [-0.25, -0.2) is 8.42 Å². The highest BCUT2D eigenvalue weighted by Crippen LogP contribution is 2.36. The van der Waals surface area contributed by atoms with Crippen molar-refractivity contribution in [1.29, 1.82) is 0 Å². The lowest BCUT2D eigenvalue weighted by Gasteiger charge is -2.26. The van der Waals surface area contributed by atoms with Crippen LogP contribution in [-0.2, 0) is 27.8 Å². The molecule has 1 fully saturated rings. The van der Waals surface area contributed by atoms with E-state index in [9.17, 15) is 8.42 Å². The first-order chi connectivity index (χ1) is 18.8. The third-order valence-electron chi connectivity index (χ3n) is 6.89. The topological polar surface area (TPSA) is 92.8 Å². The van der Waals surface area contributed by atoms with E-state index in [0.717, 1.165) is 12.0 Å². The summed E-state index contributed by atoms with van der Waals surface area (Å²) in [5, 5.41) is 0. The van der Waals surface area contributed by atoms with Gasteiger partial charge in [0.25, 0.3) is 0 Å². The molecule has 1 unspecified atom stereocenters. The lowest BCUT2D eigenvalue weighted by Crippen LogP contribution is -2.31. The molecule has 3 aromatic carbocycles. The second-order valence-corrected chi connectivity index (χ2v) is 11.0. The van der Waals surface area contributed by atoms with Crippen LogP contribution in [0.1, 0.15) is 29.0 Å². The zero-order valence-electron chi connectivity index (χ0n) is 22.9. The fraction of sp³-hybridized carbons (Fsp3) is 0.379. The van der Waals surface area contributed by atoms with Gasteiger partial charge in [0.05, 0.1) is 42.2 Å². The Balaban J connectivity index is 1.82. The number of hydrogen-bond acceptors (Lipinski definition) is 8. The molecule has 0 saturated carbocycles. The quantitative estimate of drug-likeness (QED) is 0.319. The van der Waals surface area contributed by atoms with Gasteiger partial charge in [-0.1, -0.05) is 18.2 Å². The van der Waals surface area contributed by atoms with E-state index >= 15 is 0 Å². The molecule has 0 aromatic heterocycles. The molecule has 0 spiro atoms. The average Bonchev–Trinajstić information content (AvgIpc) is 3.52. The van der Waals surface area contributed by atoms with Gasteiger partial charge >= 0.3 is 0 Å². The lowest BCUT2D eigenvalue weighted by atomic mass is 9.99. The number of ether oxygens (including phenoxy) is 6. The highest BCUT2D eigenvalue weighted by atomic mass is 32.2. The summed E-state index contributed by atoms with van der Waals surface area (Å²) in [6, 6.07) is 15.9. The summed E-state index contributed by atoms with van der Waals surface area (Å²) in [5.74, 6) is 2.64. The van der Waals surface area contributed by atoms with E-state index in [1.165, 1.54) is 11.4 Å². The van der Waals surface area contributed by atoms with Crippen LogP contribution in [0.15, 0.2) is 59.5 Å². The van der Waals surface area contributed by atoms with Crippen molar-refractivity contribution in [2.75, 3.05) is 48.8 Å². The number of nitrogens with zero attached hydrogens (tertiary/aromatic N) is 1. The standard InChI is InChI=1S/C29H35NO8S/c1-33-24-9-6-21(27(15-24)36-4)17-30(18-22-7-10-25(34-2)16-28(22)37-5)39(31,32)29-14-20(8-11-26(29)35-3)23-12-13-38-19-23/h6-11,14-16,23H,12-13,17-19H2,1-5H3. The minimum Gasteiger partial charge on any atom is -0.497 e. The van der Waals surface area contributed by atoms with Gasteiger partial charge in [0.15, 0.2) is 0 Å². The van der Waals surface area contributed by atoms with Crippen LogP contribution >= 0.6 is 0 Å². The molecule has 1 heterocycles. The molecular weight excluding hydrogens is 522 g/mol. The Morgan fingerprint density at radius 3 is 1.77 bits per heavy atom. The van der Waals surface area contributed by atoms with Crippen molar-refractivity contribution in [2.45, 2.75) is 30.3 Å². The summed E-state index contributed by atoms with van der Waals surface area (Å²) in [6.07, 6.45) is 0.835. The van der Waals surface area contributed by atoms with Crippen LogP contribution in [-0.4, -0.2) is 61.5 Å². The molecule has 1 aliphatic rings. The zero-order chi connectivity index (χ0) is 28.0. The Morgan fingerprint density at radius 2 is 1.31 bits per heavy atom. The minimum absolute atomic E-state index is 0.0323. The molecule has 0 amide bonds. The Labute approximate surface area is 230 Å². The summed E-state index contributed by atoms with van der Waals surface area (Å²) < 4.78 is 63.1. The zero-order valence-corrected chi connectivity index (χ0v) is 23.7. The predicted octanol–water partition coefficient (Wildman–Crippen LogP) is 4.62. The maximum atomic E-state index is 14.4. The highest BCUT2D eigenvalue weighted by molar-refractivity contribution is 7.89. The van der Waals surface area contributed by atoms with Crippen molar-refractivity contribution < 1.29 is 36.8 Å². The summed E-state index contributed by atoms with van der Waals surface area (Å²) >= 11 is 0. The molecule has 0 aliphatic carbocycles. The molecule has 0 bridgehead atoms. The monoisotopic (exact) mass is 557 g/mol. The maximum Gasteiger partial charge on any atom is 0.247 e. The first kappa shape index (κ1) is 28.5. The Hall–Kier alpha value is -3.47. The normalized spacial score (nSPS) is 15.3. The molecule has 39 heavy (non-hydrogen) atoms. The first-order valence-electron chi connectivity index (χ1n) is 12.5. The molecule has 9 nitrogen and oxygen atoms in total. The smallest absolute Gasteiger partial charge is 0.247 e. The van der Waals surface area contributed by atoms with Gasteiger partial charge < -0.3 is 28.4 Å². The van der Waals surface area contributed by atoms with Gasteiger partial charge in [-0.05, 0) is 36.2 Å². The van der Waals surface area contributed by atoms with Crippen LogP contribution in [0.2, 0.25) is 0 Å². The molecule has 1 atom stereocenters. The van der Waals surface area contributed by atoms with E-state index in [1.807, 2.05) is 6.07 Å². The molecule has 3 aromatic rings. The van der Waals surface area contributed by atoms with Crippen molar-refractivity contribution in [2.24, 2.45) is 0 Å². The van der Waals surface area contributed by atoms with E-state index in [0.29, 0.717) is 47.3 Å². The van der Waals surface area contributed by atoms with Crippen molar-refractivity contribution in [3.05, 3.63) is 71.3 Å². The largest absolute Gasteiger partial charge is 0.497 e. The van der Waals surface area contributed by atoms with Crippen molar-refractivity contribution in [1.82, 2.24) is 4.31 Å². The minimum atomic E-state index is -4.08. The molecule has 1 saturated heterocycles. The third kappa shape index (κ3) is 6.24. The SMILES string of the molecule is COc1ccc(CN(Cc2ccc(OC)cc2OC)S(=O)(=O)c2cc(C3CCOC3)ccc2OC)c(OC)c1. The molecule has 210 valence electrons. The fourth-order valence-corrected chi connectivity index (χ4v) is 6.24. The molecular formula is C29H35NO8S. The van der Waals surface area contributed by atoms with E-state index in [4.69, 9.17) is 28.4 Å². The van der Waals surface area contributed by atoms with Gasteiger partial charge in [-0.2, -0.15) is 4.31 Å². The van der Waals surface area contributed by atoms with Crippen LogP contribution in [0, 0.1) is 0 Å². The molecule has 10 heteroatoms. The van der Waals surface area contributed by atoms with E-state index in [-0.39, 0.29) is 29.7 Å². The van der Waals surface area contributed by atoms with Crippen LogP contribution < -0.4 is 23.7 Å². The fourth-order valence-electron chi connectivity index (χ4n) is 4.66. The maximum absolute atomic E-state index is 14.4. The van der Waals surface area contributed by atoms with Gasteiger partial charge in [0.1, 0.15) is 33.6 Å². The number of methoxy groups -OCH3 is 5. The summed E-state index contributed by atoms with van der Waals surface area (Å²) in [5.41, 5.74) is 2.25. The summed E-state index contributed by atoms with van der Waals surface area (Å²) in [7, 11) is 3.60. The van der Waals surface area contributed by atoms with Gasteiger partial charge in [-0.3, -0.25) is 0 Å². The Bertz CT molecular complexity index is 1330. The second kappa shape index (κ2) is 12.6. The third-order valence-corrected chi connectivity index (χ3v) is 8.70. The summed E-state index contributed by atoms with van der Waals surface area (Å²) in [6.45, 7) is 1.27. The van der Waals surface area contributed by atoms with Crippen molar-refractivity contribution in [3.63, 3.8) is 0 Å². The summed E-state index contributed by atoms with van der Waals surface area (Å²) in [4.78, 5) is 0.0920. The van der Waals surface area contributed by atoms with Crippen LogP contribution in [0.25, 0.3) is 0 Å². The van der Waals surface area contributed by atoms with Crippen molar-refractivity contribution in [3.8, 4) is 28.7 Å². The molecule has 0 N–H and O–H groups in total. The number of rotatable bonds is 12. The average molecular weight is 558 g/mol. The van der Waals surface area contributed by atoms with Gasteiger partial charge in [0, 0.05) is 48.9 Å². The molecule has 0 radical (unpaired) electrons. The molecule has 1 aliphatic heterocycles. The van der Waals surface area contributed by atoms with Crippen LogP contribution in [0.3, 0.4) is 0 Å². The van der Waals surface area contributed by atoms with Crippen LogP contribution in [0.4, 0.5) is 0 Å². The highest BCUT2D eigenvalue weighted by Gasteiger charge is 2.31. The first-order valence-corrected chi connectivity index (χ1v) is 14.0. The second-order valence-electron chi connectivity index (χ2n) is 9.10. The Kier molecular flexibility index (Phi) is 9.21. The molecule has 4 rings (SSSR count). The van der Waals surface area contributed by atoms with Gasteiger partial charge in [0.2, 0.25) is 10.0 Å². The van der Waals surface area contributed by atoms with Gasteiger partial charge in [-0.15, -0.1) is 0 Å². The number of benzene rings is 3. The van der Waals surface area contributed by atoms with E-state index < -0.39 is 10.0 Å².